The molecule has 1 N–H and O–H groups in total. The third-order valence-electron chi connectivity index (χ3n) is 5.47. The fraction of sp³-hybridized carbons (Fsp3) is 0.409. The number of anilines is 1. The van der Waals surface area contributed by atoms with Gasteiger partial charge < -0.3 is 10.1 Å². The Balaban J connectivity index is 1.86. The Hall–Kier alpha value is -2.31. The molecule has 2 aromatic carbocycles. The van der Waals surface area contributed by atoms with Crippen LogP contribution in [-0.2, 0) is 24.8 Å². The monoisotopic (exact) mass is 495 g/mol. The van der Waals surface area contributed by atoms with Crippen molar-refractivity contribution in [1.29, 1.82) is 0 Å². The van der Waals surface area contributed by atoms with E-state index in [2.05, 4.69) is 5.32 Å². The van der Waals surface area contributed by atoms with Crippen molar-refractivity contribution in [3.05, 3.63) is 53.6 Å². The van der Waals surface area contributed by atoms with E-state index in [4.69, 9.17) is 4.74 Å². The minimum atomic E-state index is -3.74. The molecule has 0 unspecified atom stereocenters. The molecular formula is C22H29N3O6S2. The van der Waals surface area contributed by atoms with Gasteiger partial charge in [-0.15, -0.1) is 0 Å². The molecule has 0 spiro atoms. The van der Waals surface area contributed by atoms with Gasteiger partial charge in [-0.25, -0.2) is 16.8 Å². The zero-order valence-electron chi connectivity index (χ0n) is 18.9. The molecule has 0 aromatic heterocycles. The molecule has 1 saturated heterocycles. The summed E-state index contributed by atoms with van der Waals surface area (Å²) in [5, 5.41) is 2.68. The lowest BCUT2D eigenvalue weighted by molar-refractivity contribution is 0.0730. The molecule has 1 amide bonds. The van der Waals surface area contributed by atoms with Crippen molar-refractivity contribution in [3.8, 4) is 0 Å². The lowest BCUT2D eigenvalue weighted by Gasteiger charge is -2.26. The maximum Gasteiger partial charge on any atom is 0.255 e. The number of hydrogen-bond acceptors (Lipinski definition) is 6. The van der Waals surface area contributed by atoms with Crippen LogP contribution in [-0.4, -0.2) is 70.7 Å². The number of hydrogen-bond donors (Lipinski definition) is 1. The molecule has 0 saturated carbocycles. The lowest BCUT2D eigenvalue weighted by Crippen LogP contribution is -2.40. The molecule has 11 heteroatoms. The van der Waals surface area contributed by atoms with Gasteiger partial charge in [0.25, 0.3) is 5.91 Å². The van der Waals surface area contributed by atoms with Crippen molar-refractivity contribution in [1.82, 2.24) is 8.61 Å². The summed E-state index contributed by atoms with van der Waals surface area (Å²) in [5.74, 6) is -0.537. The standard InChI is InChI=1S/C22H29N3O6S2/c1-4-24(5-2)32(27,28)20-8-6-7-18(15-20)22(26)23-19-10-9-17(3)21(16-19)33(29,30)25-11-13-31-14-12-25/h6-10,15-16H,4-5,11-14H2,1-3H3,(H,23,26). The van der Waals surface area contributed by atoms with Crippen molar-refractivity contribution in [2.75, 3.05) is 44.7 Å². The van der Waals surface area contributed by atoms with Gasteiger partial charge in [0.15, 0.2) is 0 Å². The van der Waals surface area contributed by atoms with E-state index in [1.54, 1.807) is 32.9 Å². The summed E-state index contributed by atoms with van der Waals surface area (Å²) in [6.45, 7) is 7.04. The first-order chi connectivity index (χ1) is 15.6. The number of rotatable bonds is 8. The Bertz CT molecular complexity index is 1220. The number of morpholine rings is 1. The second-order valence-corrected chi connectivity index (χ2v) is 11.4. The highest BCUT2D eigenvalue weighted by atomic mass is 32.2. The maximum absolute atomic E-state index is 13.1. The van der Waals surface area contributed by atoms with Crippen LogP contribution in [0.2, 0.25) is 0 Å². The number of sulfonamides is 2. The van der Waals surface area contributed by atoms with Gasteiger partial charge in [-0.1, -0.05) is 26.0 Å². The number of aryl methyl sites for hydroxylation is 1. The molecule has 1 heterocycles. The van der Waals surface area contributed by atoms with E-state index in [1.807, 2.05) is 0 Å². The molecule has 0 aliphatic carbocycles. The minimum Gasteiger partial charge on any atom is -0.379 e. The van der Waals surface area contributed by atoms with E-state index in [1.165, 1.54) is 38.9 Å². The molecule has 1 aliphatic rings. The fourth-order valence-corrected chi connectivity index (χ4v) is 6.76. The first kappa shape index (κ1) is 25.3. The highest BCUT2D eigenvalue weighted by molar-refractivity contribution is 7.89. The maximum atomic E-state index is 13.1. The summed E-state index contributed by atoms with van der Waals surface area (Å²) in [6.07, 6.45) is 0. The Kier molecular flexibility index (Phi) is 7.91. The van der Waals surface area contributed by atoms with Crippen molar-refractivity contribution in [3.63, 3.8) is 0 Å². The SMILES string of the molecule is CCN(CC)S(=O)(=O)c1cccc(C(=O)Nc2ccc(C)c(S(=O)(=O)N3CCOCC3)c2)c1. The molecule has 33 heavy (non-hydrogen) atoms. The Morgan fingerprint density at radius 1 is 1.03 bits per heavy atom. The Labute approximate surface area is 195 Å². The van der Waals surface area contributed by atoms with Crippen LogP contribution in [0.15, 0.2) is 52.3 Å². The molecule has 2 aromatic rings. The van der Waals surface area contributed by atoms with E-state index >= 15 is 0 Å². The third kappa shape index (κ3) is 5.44. The number of carbonyl (C=O) groups excluding carboxylic acids is 1. The van der Waals surface area contributed by atoms with Crippen LogP contribution in [0.1, 0.15) is 29.8 Å². The topological polar surface area (TPSA) is 113 Å². The van der Waals surface area contributed by atoms with Gasteiger partial charge in [-0.2, -0.15) is 8.61 Å². The predicted octanol–water partition coefficient (Wildman–Crippen LogP) is 2.30. The Morgan fingerprint density at radius 2 is 1.70 bits per heavy atom. The summed E-state index contributed by atoms with van der Waals surface area (Å²) >= 11 is 0. The summed E-state index contributed by atoms with van der Waals surface area (Å²) in [5.41, 5.74) is 1.02. The zero-order chi connectivity index (χ0) is 24.2. The van der Waals surface area contributed by atoms with Crippen molar-refractivity contribution < 1.29 is 26.4 Å². The summed E-state index contributed by atoms with van der Waals surface area (Å²) < 4.78 is 59.6. The van der Waals surface area contributed by atoms with Gasteiger partial charge in [-0.05, 0) is 42.8 Å². The lowest BCUT2D eigenvalue weighted by atomic mass is 10.2. The molecule has 0 bridgehead atoms. The fourth-order valence-electron chi connectivity index (χ4n) is 3.60. The largest absolute Gasteiger partial charge is 0.379 e. The van der Waals surface area contributed by atoms with Crippen molar-refractivity contribution in [2.24, 2.45) is 0 Å². The molecular weight excluding hydrogens is 466 g/mol. The van der Waals surface area contributed by atoms with E-state index in [0.717, 1.165) is 0 Å². The Morgan fingerprint density at radius 3 is 2.33 bits per heavy atom. The van der Waals surface area contributed by atoms with Gasteiger partial charge in [0, 0.05) is 37.4 Å². The van der Waals surface area contributed by atoms with E-state index < -0.39 is 26.0 Å². The van der Waals surface area contributed by atoms with Crippen LogP contribution in [0.4, 0.5) is 5.69 Å². The van der Waals surface area contributed by atoms with E-state index in [9.17, 15) is 21.6 Å². The van der Waals surface area contributed by atoms with Gasteiger partial charge in [0.1, 0.15) is 0 Å². The summed E-state index contributed by atoms with van der Waals surface area (Å²) in [6, 6.07) is 10.5. The average molecular weight is 496 g/mol. The van der Waals surface area contributed by atoms with Gasteiger partial charge in [0.2, 0.25) is 20.0 Å². The minimum absolute atomic E-state index is 0.0262. The number of ether oxygens (including phenoxy) is 1. The van der Waals surface area contributed by atoms with Crippen LogP contribution >= 0.6 is 0 Å². The normalized spacial score (nSPS) is 15.5. The van der Waals surface area contributed by atoms with Crippen LogP contribution in [0.3, 0.4) is 0 Å². The van der Waals surface area contributed by atoms with Gasteiger partial charge in [0.05, 0.1) is 23.0 Å². The van der Waals surface area contributed by atoms with Crippen LogP contribution in [0, 0.1) is 6.92 Å². The molecule has 9 nitrogen and oxygen atoms in total. The summed E-state index contributed by atoms with van der Waals surface area (Å²) in [7, 11) is -7.46. The van der Waals surface area contributed by atoms with E-state index in [0.29, 0.717) is 37.6 Å². The highest BCUT2D eigenvalue weighted by Gasteiger charge is 2.28. The molecule has 0 radical (unpaired) electrons. The summed E-state index contributed by atoms with van der Waals surface area (Å²) in [4.78, 5) is 13.0. The smallest absolute Gasteiger partial charge is 0.255 e. The molecule has 1 fully saturated rings. The number of benzene rings is 2. The quantitative estimate of drug-likeness (QED) is 0.601. The predicted molar refractivity (Wildman–Crippen MR) is 125 cm³/mol. The number of nitrogens with one attached hydrogen (secondary N) is 1. The average Bonchev–Trinajstić information content (AvgIpc) is 2.81. The first-order valence-corrected chi connectivity index (χ1v) is 13.6. The molecule has 1 aliphatic heterocycles. The van der Waals surface area contributed by atoms with Crippen LogP contribution in [0.5, 0.6) is 0 Å². The van der Waals surface area contributed by atoms with Crippen molar-refractivity contribution in [2.45, 2.75) is 30.6 Å². The molecule has 180 valence electrons. The molecule has 0 atom stereocenters. The first-order valence-electron chi connectivity index (χ1n) is 10.7. The van der Waals surface area contributed by atoms with Gasteiger partial charge in [-0.3, -0.25) is 4.79 Å². The number of nitrogens with zero attached hydrogens (tertiary/aromatic N) is 2. The van der Waals surface area contributed by atoms with Crippen molar-refractivity contribution >= 4 is 31.6 Å². The van der Waals surface area contributed by atoms with Crippen LogP contribution < -0.4 is 5.32 Å². The number of carbonyl (C=O) groups is 1. The highest BCUT2D eigenvalue weighted by Crippen LogP contribution is 2.25. The van der Waals surface area contributed by atoms with E-state index in [-0.39, 0.29) is 28.4 Å². The zero-order valence-corrected chi connectivity index (χ0v) is 20.6. The second kappa shape index (κ2) is 10.3. The number of amides is 1. The second-order valence-electron chi connectivity index (χ2n) is 7.57. The third-order valence-corrected chi connectivity index (χ3v) is 9.56. The molecule has 3 rings (SSSR count). The van der Waals surface area contributed by atoms with Crippen LogP contribution in [0.25, 0.3) is 0 Å². The van der Waals surface area contributed by atoms with Gasteiger partial charge >= 0.3 is 0 Å².